The summed E-state index contributed by atoms with van der Waals surface area (Å²) < 4.78 is 16.9. The maximum Gasteiger partial charge on any atom is 0.231 e. The van der Waals surface area contributed by atoms with E-state index in [4.69, 9.17) is 25.8 Å². The van der Waals surface area contributed by atoms with E-state index in [-0.39, 0.29) is 6.79 Å². The van der Waals surface area contributed by atoms with Crippen molar-refractivity contribution in [3.05, 3.63) is 45.4 Å². The van der Waals surface area contributed by atoms with Crippen LogP contribution in [0.2, 0.25) is 5.02 Å². The molecule has 0 aliphatic carbocycles. The molecule has 2 aromatic carbocycles. The molecule has 6 heteroatoms. The molecule has 1 heterocycles. The van der Waals surface area contributed by atoms with Crippen LogP contribution < -0.4 is 19.5 Å². The molecule has 1 N–H and O–H groups in total. The Balaban J connectivity index is 1.79. The van der Waals surface area contributed by atoms with Crippen LogP contribution in [0.25, 0.3) is 0 Å². The average molecular weight is 371 g/mol. The normalized spacial score (nSPS) is 12.3. The van der Waals surface area contributed by atoms with Crippen LogP contribution in [0.1, 0.15) is 5.56 Å². The third-order valence-corrected chi connectivity index (χ3v) is 4.27. The smallest absolute Gasteiger partial charge is 0.231 e. The number of anilines is 1. The van der Waals surface area contributed by atoms with Crippen molar-refractivity contribution in [3.63, 3.8) is 0 Å². The second kappa shape index (κ2) is 6.03. The van der Waals surface area contributed by atoms with E-state index in [0.717, 1.165) is 21.5 Å². The van der Waals surface area contributed by atoms with E-state index >= 15 is 0 Å². The van der Waals surface area contributed by atoms with Gasteiger partial charge in [0.25, 0.3) is 0 Å². The lowest BCUT2D eigenvalue weighted by Gasteiger charge is -2.12. The van der Waals surface area contributed by atoms with Crippen LogP contribution in [-0.4, -0.2) is 13.9 Å². The number of fused-ring (bicyclic) bond motifs is 1. The molecule has 0 unspecified atom stereocenters. The van der Waals surface area contributed by atoms with Gasteiger partial charge >= 0.3 is 0 Å². The number of hydrogen-bond acceptors (Lipinski definition) is 4. The van der Waals surface area contributed by atoms with Gasteiger partial charge in [-0.2, -0.15) is 0 Å². The molecule has 110 valence electrons. The fraction of sp³-hybridized carbons (Fsp3) is 0.200. The van der Waals surface area contributed by atoms with Crippen molar-refractivity contribution < 1.29 is 14.2 Å². The SMILES string of the molecule is COc1ccc(Br)c(CNc2cc3c(cc2Cl)OCO3)c1. The first-order chi connectivity index (χ1) is 10.2. The number of nitrogens with one attached hydrogen (secondary N) is 1. The predicted molar refractivity (Wildman–Crippen MR) is 85.6 cm³/mol. The van der Waals surface area contributed by atoms with Crippen molar-refractivity contribution in [2.75, 3.05) is 19.2 Å². The van der Waals surface area contributed by atoms with Gasteiger partial charge < -0.3 is 19.5 Å². The van der Waals surface area contributed by atoms with E-state index in [0.29, 0.717) is 23.1 Å². The minimum atomic E-state index is 0.233. The first-order valence-corrected chi connectivity index (χ1v) is 7.50. The minimum Gasteiger partial charge on any atom is -0.497 e. The summed E-state index contributed by atoms with van der Waals surface area (Å²) in [5.41, 5.74) is 1.87. The second-order valence-corrected chi connectivity index (χ2v) is 5.76. The lowest BCUT2D eigenvalue weighted by atomic mass is 10.2. The van der Waals surface area contributed by atoms with Crippen molar-refractivity contribution >= 4 is 33.2 Å². The Labute approximate surface area is 136 Å². The number of methoxy groups -OCH3 is 1. The van der Waals surface area contributed by atoms with Crippen molar-refractivity contribution in [2.45, 2.75) is 6.54 Å². The van der Waals surface area contributed by atoms with Crippen LogP contribution in [0.5, 0.6) is 17.2 Å². The van der Waals surface area contributed by atoms with Crippen molar-refractivity contribution in [1.29, 1.82) is 0 Å². The number of benzene rings is 2. The molecular formula is C15H13BrClNO3. The van der Waals surface area contributed by atoms with Gasteiger partial charge in [-0.1, -0.05) is 27.5 Å². The van der Waals surface area contributed by atoms with Gasteiger partial charge in [0.05, 0.1) is 17.8 Å². The van der Waals surface area contributed by atoms with E-state index < -0.39 is 0 Å². The predicted octanol–water partition coefficient (Wildman–Crippen LogP) is 4.45. The van der Waals surface area contributed by atoms with E-state index in [9.17, 15) is 0 Å². The Kier molecular flexibility index (Phi) is 4.12. The number of ether oxygens (including phenoxy) is 3. The number of hydrogen-bond donors (Lipinski definition) is 1. The first-order valence-electron chi connectivity index (χ1n) is 6.33. The van der Waals surface area contributed by atoms with E-state index in [1.54, 1.807) is 13.2 Å². The molecule has 4 nitrogen and oxygen atoms in total. The Hall–Kier alpha value is -1.59. The van der Waals surface area contributed by atoms with E-state index in [1.807, 2.05) is 24.3 Å². The third kappa shape index (κ3) is 3.04. The summed E-state index contributed by atoms with van der Waals surface area (Å²) in [7, 11) is 1.65. The highest BCUT2D eigenvalue weighted by atomic mass is 79.9. The van der Waals surface area contributed by atoms with Crippen molar-refractivity contribution in [3.8, 4) is 17.2 Å². The van der Waals surface area contributed by atoms with Crippen LogP contribution in [0, 0.1) is 0 Å². The Morgan fingerprint density at radius 2 is 2.00 bits per heavy atom. The molecule has 0 radical (unpaired) electrons. The van der Waals surface area contributed by atoms with Gasteiger partial charge in [-0.25, -0.2) is 0 Å². The Morgan fingerprint density at radius 1 is 1.24 bits per heavy atom. The average Bonchev–Trinajstić information content (AvgIpc) is 2.93. The first kappa shape index (κ1) is 14.4. The van der Waals surface area contributed by atoms with Crippen LogP contribution in [0.4, 0.5) is 5.69 Å². The highest BCUT2D eigenvalue weighted by Crippen LogP contribution is 2.39. The molecule has 0 bridgehead atoms. The summed E-state index contributed by atoms with van der Waals surface area (Å²) in [4.78, 5) is 0. The lowest BCUT2D eigenvalue weighted by molar-refractivity contribution is 0.174. The molecule has 0 amide bonds. The molecular weight excluding hydrogens is 358 g/mol. The molecule has 21 heavy (non-hydrogen) atoms. The molecule has 2 aromatic rings. The second-order valence-electron chi connectivity index (χ2n) is 4.50. The summed E-state index contributed by atoms with van der Waals surface area (Å²) in [6, 6.07) is 9.43. The van der Waals surface area contributed by atoms with Crippen molar-refractivity contribution in [2.24, 2.45) is 0 Å². The largest absolute Gasteiger partial charge is 0.497 e. The number of halogens is 2. The van der Waals surface area contributed by atoms with Crippen LogP contribution >= 0.6 is 27.5 Å². The molecule has 1 aliphatic rings. The van der Waals surface area contributed by atoms with Crippen LogP contribution in [-0.2, 0) is 6.54 Å². The molecule has 0 saturated carbocycles. The molecule has 0 atom stereocenters. The molecule has 1 aliphatic heterocycles. The maximum atomic E-state index is 6.24. The summed E-state index contributed by atoms with van der Waals surface area (Å²) >= 11 is 9.77. The van der Waals surface area contributed by atoms with Gasteiger partial charge in [-0.05, 0) is 23.8 Å². The molecule has 3 rings (SSSR count). The van der Waals surface area contributed by atoms with Gasteiger partial charge in [-0.3, -0.25) is 0 Å². The maximum absolute atomic E-state index is 6.24. The fourth-order valence-electron chi connectivity index (χ4n) is 2.06. The van der Waals surface area contributed by atoms with Crippen LogP contribution in [0.15, 0.2) is 34.8 Å². The highest BCUT2D eigenvalue weighted by molar-refractivity contribution is 9.10. The van der Waals surface area contributed by atoms with Gasteiger partial charge in [0.15, 0.2) is 11.5 Å². The summed E-state index contributed by atoms with van der Waals surface area (Å²) in [5.74, 6) is 2.19. The zero-order valence-electron chi connectivity index (χ0n) is 11.3. The zero-order valence-corrected chi connectivity index (χ0v) is 13.6. The Bertz CT molecular complexity index is 678. The standard InChI is InChI=1S/C15H13BrClNO3/c1-19-10-2-3-11(16)9(4-10)7-18-13-6-15-14(5-12(13)17)20-8-21-15/h2-6,18H,7-8H2,1H3. The van der Waals surface area contributed by atoms with Gasteiger partial charge in [0, 0.05) is 23.2 Å². The van der Waals surface area contributed by atoms with Gasteiger partial charge in [-0.15, -0.1) is 0 Å². The summed E-state index contributed by atoms with van der Waals surface area (Å²) in [5, 5.41) is 3.89. The molecule has 0 aromatic heterocycles. The monoisotopic (exact) mass is 369 g/mol. The quantitative estimate of drug-likeness (QED) is 0.863. The summed E-state index contributed by atoms with van der Waals surface area (Å²) in [6.45, 7) is 0.841. The minimum absolute atomic E-state index is 0.233. The van der Waals surface area contributed by atoms with Gasteiger partial charge in [0.2, 0.25) is 6.79 Å². The molecule has 0 spiro atoms. The topological polar surface area (TPSA) is 39.7 Å². The third-order valence-electron chi connectivity index (χ3n) is 3.18. The zero-order chi connectivity index (χ0) is 14.8. The molecule has 0 saturated heterocycles. The van der Waals surface area contributed by atoms with Crippen molar-refractivity contribution in [1.82, 2.24) is 0 Å². The highest BCUT2D eigenvalue weighted by Gasteiger charge is 2.16. The summed E-state index contributed by atoms with van der Waals surface area (Å²) in [6.07, 6.45) is 0. The van der Waals surface area contributed by atoms with E-state index in [2.05, 4.69) is 21.2 Å². The van der Waals surface area contributed by atoms with E-state index in [1.165, 1.54) is 0 Å². The van der Waals surface area contributed by atoms with Gasteiger partial charge in [0.1, 0.15) is 5.75 Å². The lowest BCUT2D eigenvalue weighted by Crippen LogP contribution is -2.01. The van der Waals surface area contributed by atoms with Crippen LogP contribution in [0.3, 0.4) is 0 Å². The molecule has 0 fully saturated rings. The fourth-order valence-corrected chi connectivity index (χ4v) is 2.66. The number of rotatable bonds is 4. The Morgan fingerprint density at radius 3 is 2.76 bits per heavy atom.